The lowest BCUT2D eigenvalue weighted by Crippen LogP contribution is -2.09. The van der Waals surface area contributed by atoms with Gasteiger partial charge in [-0.2, -0.15) is 0 Å². The molecule has 1 fully saturated rings. The molecule has 1 aliphatic rings. The van der Waals surface area contributed by atoms with Gasteiger partial charge in [-0.15, -0.1) is 0 Å². The molecule has 1 nitrogen and oxygen atoms in total. The summed E-state index contributed by atoms with van der Waals surface area (Å²) in [5, 5.41) is 0.510. The van der Waals surface area contributed by atoms with Crippen molar-refractivity contribution in [3.05, 3.63) is 70.2 Å². The number of carbonyl (C=O) groups excluding carboxylic acids is 1. The van der Waals surface area contributed by atoms with Crippen LogP contribution in [-0.2, 0) is 0 Å². The number of hydrogen-bond donors (Lipinski definition) is 0. The van der Waals surface area contributed by atoms with Crippen LogP contribution >= 0.6 is 11.6 Å². The largest absolute Gasteiger partial charge is 0.289 e. The average Bonchev–Trinajstić information content (AvgIpc) is 2.37. The van der Waals surface area contributed by atoms with Gasteiger partial charge in [0.25, 0.3) is 0 Å². The number of ketones is 1. The molecule has 2 heteroatoms. The molecule has 0 radical (unpaired) electrons. The predicted molar refractivity (Wildman–Crippen MR) is 77.9 cm³/mol. The smallest absolute Gasteiger partial charge is 0.194 e. The van der Waals surface area contributed by atoms with Crippen molar-refractivity contribution in [2.75, 3.05) is 0 Å². The molecule has 0 spiro atoms. The summed E-state index contributed by atoms with van der Waals surface area (Å²) in [4.78, 5) is 12.3. The molecule has 0 heterocycles. The van der Waals surface area contributed by atoms with E-state index in [1.807, 2.05) is 24.3 Å². The molecule has 0 amide bonds. The second-order valence-corrected chi connectivity index (χ2v) is 5.47. The maximum absolute atomic E-state index is 12.3. The van der Waals surface area contributed by atoms with Gasteiger partial charge in [0.05, 0.1) is 5.02 Å². The first-order valence-corrected chi connectivity index (χ1v) is 7.02. The summed E-state index contributed by atoms with van der Waals surface area (Å²) in [6.07, 6.45) is 3.88. The summed E-state index contributed by atoms with van der Waals surface area (Å²) in [6, 6.07) is 15.2. The van der Waals surface area contributed by atoms with Gasteiger partial charge in [0.1, 0.15) is 0 Å². The minimum Gasteiger partial charge on any atom is -0.289 e. The molecule has 3 rings (SSSR count). The van der Waals surface area contributed by atoms with Crippen molar-refractivity contribution in [3.63, 3.8) is 0 Å². The van der Waals surface area contributed by atoms with Crippen LogP contribution in [0.1, 0.15) is 46.7 Å². The van der Waals surface area contributed by atoms with Crippen LogP contribution in [0.25, 0.3) is 0 Å². The van der Waals surface area contributed by atoms with Crippen LogP contribution in [-0.4, -0.2) is 5.78 Å². The Morgan fingerprint density at radius 1 is 1.00 bits per heavy atom. The van der Waals surface area contributed by atoms with E-state index in [-0.39, 0.29) is 5.78 Å². The molecule has 0 bridgehead atoms. The Morgan fingerprint density at radius 2 is 1.68 bits per heavy atom. The summed E-state index contributed by atoms with van der Waals surface area (Å²) in [6.45, 7) is 0. The van der Waals surface area contributed by atoms with Crippen LogP contribution in [0.2, 0.25) is 5.02 Å². The molecular weight excluding hydrogens is 256 g/mol. The van der Waals surface area contributed by atoms with Gasteiger partial charge in [0.15, 0.2) is 5.78 Å². The van der Waals surface area contributed by atoms with Crippen molar-refractivity contribution in [1.29, 1.82) is 0 Å². The summed E-state index contributed by atoms with van der Waals surface area (Å²) in [5.74, 6) is 0.690. The van der Waals surface area contributed by atoms with Crippen LogP contribution in [0.5, 0.6) is 0 Å². The maximum atomic E-state index is 12.3. The molecule has 96 valence electrons. The van der Waals surface area contributed by atoms with E-state index in [9.17, 15) is 4.79 Å². The highest BCUT2D eigenvalue weighted by Crippen LogP contribution is 2.36. The van der Waals surface area contributed by atoms with Crippen LogP contribution in [0.3, 0.4) is 0 Å². The Labute approximate surface area is 118 Å². The molecule has 0 N–H and O–H groups in total. The quantitative estimate of drug-likeness (QED) is 0.730. The first kappa shape index (κ1) is 12.4. The zero-order valence-electron chi connectivity index (χ0n) is 10.6. The van der Waals surface area contributed by atoms with Gasteiger partial charge in [-0.25, -0.2) is 0 Å². The van der Waals surface area contributed by atoms with E-state index in [0.29, 0.717) is 22.1 Å². The third-order valence-electron chi connectivity index (χ3n) is 3.87. The fraction of sp³-hybridized carbons (Fsp3) is 0.235. The number of benzene rings is 2. The highest BCUT2D eigenvalue weighted by atomic mass is 35.5. The Kier molecular flexibility index (Phi) is 3.39. The maximum Gasteiger partial charge on any atom is 0.194 e. The van der Waals surface area contributed by atoms with Gasteiger partial charge in [0, 0.05) is 11.1 Å². The van der Waals surface area contributed by atoms with Crippen molar-refractivity contribution in [3.8, 4) is 0 Å². The van der Waals surface area contributed by atoms with Crippen LogP contribution in [0.15, 0.2) is 48.5 Å². The van der Waals surface area contributed by atoms with Gasteiger partial charge >= 0.3 is 0 Å². The van der Waals surface area contributed by atoms with Crippen LogP contribution in [0, 0.1) is 0 Å². The monoisotopic (exact) mass is 270 g/mol. The molecule has 0 aliphatic heterocycles. The molecule has 0 unspecified atom stereocenters. The average molecular weight is 271 g/mol. The fourth-order valence-electron chi connectivity index (χ4n) is 2.45. The van der Waals surface area contributed by atoms with Crippen LogP contribution < -0.4 is 0 Å². The Morgan fingerprint density at radius 3 is 2.26 bits per heavy atom. The van der Waals surface area contributed by atoms with Crippen molar-refractivity contribution in [1.82, 2.24) is 0 Å². The van der Waals surface area contributed by atoms with E-state index in [2.05, 4.69) is 12.1 Å². The zero-order valence-corrected chi connectivity index (χ0v) is 11.4. The van der Waals surface area contributed by atoms with E-state index in [1.165, 1.54) is 24.8 Å². The lowest BCUT2D eigenvalue weighted by molar-refractivity contribution is 0.103. The SMILES string of the molecule is O=C(c1ccc(C2CCC2)cc1)c1ccccc1Cl. The second kappa shape index (κ2) is 5.18. The summed E-state index contributed by atoms with van der Waals surface area (Å²) >= 11 is 6.06. The Balaban J connectivity index is 1.86. The van der Waals surface area contributed by atoms with Crippen LogP contribution in [0.4, 0.5) is 0 Å². The van der Waals surface area contributed by atoms with Gasteiger partial charge in [-0.1, -0.05) is 54.4 Å². The lowest BCUT2D eigenvalue weighted by atomic mass is 9.80. The minimum atomic E-state index is -0.00856. The number of carbonyl (C=O) groups is 1. The Bertz CT molecular complexity index is 597. The molecular formula is C17H15ClO. The minimum absolute atomic E-state index is 0.00856. The van der Waals surface area contributed by atoms with Crippen molar-refractivity contribution in [2.45, 2.75) is 25.2 Å². The van der Waals surface area contributed by atoms with E-state index in [1.54, 1.807) is 12.1 Å². The molecule has 1 aliphatic carbocycles. The van der Waals surface area contributed by atoms with Gasteiger partial charge in [0.2, 0.25) is 0 Å². The van der Waals surface area contributed by atoms with E-state index < -0.39 is 0 Å². The first-order chi connectivity index (χ1) is 9.25. The molecule has 19 heavy (non-hydrogen) atoms. The Hall–Kier alpha value is -1.60. The fourth-order valence-corrected chi connectivity index (χ4v) is 2.67. The molecule has 0 saturated heterocycles. The molecule has 0 aromatic heterocycles. The number of halogens is 1. The zero-order chi connectivity index (χ0) is 13.2. The summed E-state index contributed by atoms with van der Waals surface area (Å²) in [7, 11) is 0. The molecule has 0 atom stereocenters. The highest BCUT2D eigenvalue weighted by molar-refractivity contribution is 6.34. The van der Waals surface area contributed by atoms with Gasteiger partial charge in [-0.05, 0) is 36.5 Å². The molecule has 1 saturated carbocycles. The van der Waals surface area contributed by atoms with Crippen molar-refractivity contribution < 1.29 is 4.79 Å². The second-order valence-electron chi connectivity index (χ2n) is 5.06. The first-order valence-electron chi connectivity index (χ1n) is 6.65. The van der Waals surface area contributed by atoms with Gasteiger partial charge in [-0.3, -0.25) is 4.79 Å². The van der Waals surface area contributed by atoms with E-state index in [4.69, 9.17) is 11.6 Å². The van der Waals surface area contributed by atoms with E-state index in [0.717, 1.165) is 0 Å². The number of rotatable bonds is 3. The molecule has 2 aromatic carbocycles. The van der Waals surface area contributed by atoms with E-state index >= 15 is 0 Å². The molecule has 2 aromatic rings. The lowest BCUT2D eigenvalue weighted by Gasteiger charge is -2.25. The predicted octanol–water partition coefficient (Wildman–Crippen LogP) is 4.84. The normalized spacial score (nSPS) is 15.0. The van der Waals surface area contributed by atoms with Crippen molar-refractivity contribution >= 4 is 17.4 Å². The van der Waals surface area contributed by atoms with Gasteiger partial charge < -0.3 is 0 Å². The van der Waals surface area contributed by atoms with Crippen molar-refractivity contribution in [2.24, 2.45) is 0 Å². The highest BCUT2D eigenvalue weighted by Gasteiger charge is 2.19. The summed E-state index contributed by atoms with van der Waals surface area (Å²) in [5.41, 5.74) is 2.62. The topological polar surface area (TPSA) is 17.1 Å². The number of hydrogen-bond acceptors (Lipinski definition) is 1. The summed E-state index contributed by atoms with van der Waals surface area (Å²) < 4.78 is 0. The third-order valence-corrected chi connectivity index (χ3v) is 4.20. The standard InChI is InChI=1S/C17H15ClO/c18-16-7-2-1-6-15(16)17(19)14-10-8-13(9-11-14)12-4-3-5-12/h1-2,6-12H,3-5H2. The third kappa shape index (κ3) is 2.43.